The summed E-state index contributed by atoms with van der Waals surface area (Å²) in [6, 6.07) is 7.52. The van der Waals surface area contributed by atoms with Gasteiger partial charge < -0.3 is 20.1 Å². The van der Waals surface area contributed by atoms with Gasteiger partial charge in [0.1, 0.15) is 0 Å². The molecule has 10 heteroatoms. The maximum absolute atomic E-state index is 12.5. The number of ether oxygens (including phenoxy) is 2. The molecule has 0 saturated heterocycles. The minimum absolute atomic E-state index is 0.0348. The van der Waals surface area contributed by atoms with Crippen LogP contribution < -0.4 is 10.6 Å². The van der Waals surface area contributed by atoms with E-state index >= 15 is 0 Å². The van der Waals surface area contributed by atoms with Gasteiger partial charge in [0.2, 0.25) is 0 Å². The van der Waals surface area contributed by atoms with Gasteiger partial charge >= 0.3 is 23.8 Å². The van der Waals surface area contributed by atoms with E-state index in [9.17, 15) is 19.2 Å². The molecule has 3 rings (SSSR count). The lowest BCUT2D eigenvalue weighted by molar-refractivity contribution is -0.152. The standard InChI is InChI=1S/C26H28N2O6S2/c1-7-33-25(31)23(29)27-21-11-19(17-9-13(3)35-15(17)5)20(18-10-14(4)36-16(18)6)12-22(21)28-24(30)26(32)34-8-2/h9-12H,7-8H2,1-6H3,(H,27,29)(H,28,30). The summed E-state index contributed by atoms with van der Waals surface area (Å²) < 4.78 is 9.61. The predicted molar refractivity (Wildman–Crippen MR) is 143 cm³/mol. The number of thiophene rings is 2. The lowest BCUT2D eigenvalue weighted by atomic mass is 9.93. The van der Waals surface area contributed by atoms with Gasteiger partial charge in [0, 0.05) is 19.5 Å². The Balaban J connectivity index is 2.24. The van der Waals surface area contributed by atoms with Gasteiger partial charge in [-0.3, -0.25) is 9.59 Å². The van der Waals surface area contributed by atoms with Crippen molar-refractivity contribution in [3.63, 3.8) is 0 Å². The molecule has 0 aliphatic rings. The summed E-state index contributed by atoms with van der Waals surface area (Å²) >= 11 is 3.29. The van der Waals surface area contributed by atoms with E-state index in [1.165, 1.54) is 0 Å². The first-order chi connectivity index (χ1) is 17.0. The molecule has 1 aromatic carbocycles. The molecule has 36 heavy (non-hydrogen) atoms. The van der Waals surface area contributed by atoms with Crippen LogP contribution in [0.3, 0.4) is 0 Å². The first kappa shape index (κ1) is 27.1. The second kappa shape index (κ2) is 11.5. The van der Waals surface area contributed by atoms with Crippen LogP contribution in [0.25, 0.3) is 22.3 Å². The van der Waals surface area contributed by atoms with Crippen LogP contribution in [-0.4, -0.2) is 37.0 Å². The largest absolute Gasteiger partial charge is 0.459 e. The number of aryl methyl sites for hydroxylation is 4. The van der Waals surface area contributed by atoms with Gasteiger partial charge in [-0.2, -0.15) is 0 Å². The topological polar surface area (TPSA) is 111 Å². The van der Waals surface area contributed by atoms with Gasteiger partial charge in [-0.1, -0.05) is 0 Å². The smallest absolute Gasteiger partial charge is 0.397 e. The third-order valence-corrected chi connectivity index (χ3v) is 7.17. The highest BCUT2D eigenvalue weighted by Crippen LogP contribution is 2.44. The van der Waals surface area contributed by atoms with E-state index in [0.29, 0.717) is 0 Å². The average Bonchev–Trinajstić information content (AvgIpc) is 3.33. The molecular formula is C26H28N2O6S2. The Bertz CT molecular complexity index is 1240. The maximum Gasteiger partial charge on any atom is 0.397 e. The van der Waals surface area contributed by atoms with E-state index in [4.69, 9.17) is 9.47 Å². The number of rotatable bonds is 6. The molecule has 0 radical (unpaired) electrons. The molecule has 0 fully saturated rings. The Morgan fingerprint density at radius 1 is 0.639 bits per heavy atom. The zero-order valence-corrected chi connectivity index (χ0v) is 22.6. The summed E-state index contributed by atoms with van der Waals surface area (Å²) in [4.78, 5) is 53.5. The van der Waals surface area contributed by atoms with Crippen molar-refractivity contribution in [3.8, 4) is 22.3 Å². The molecular weight excluding hydrogens is 500 g/mol. The summed E-state index contributed by atoms with van der Waals surface area (Å²) in [5, 5.41) is 5.06. The van der Waals surface area contributed by atoms with Gasteiger partial charge in [-0.25, -0.2) is 9.59 Å². The van der Waals surface area contributed by atoms with Crippen LogP contribution in [0.1, 0.15) is 33.4 Å². The number of hydrogen-bond acceptors (Lipinski definition) is 8. The number of carbonyl (C=O) groups is 4. The van der Waals surface area contributed by atoms with Gasteiger partial charge in [0.25, 0.3) is 0 Å². The van der Waals surface area contributed by atoms with Gasteiger partial charge in [-0.05, 0) is 88.1 Å². The Labute approximate surface area is 217 Å². The van der Waals surface area contributed by atoms with Gasteiger partial charge in [0.05, 0.1) is 24.6 Å². The van der Waals surface area contributed by atoms with E-state index in [-0.39, 0.29) is 24.6 Å². The highest BCUT2D eigenvalue weighted by atomic mass is 32.1. The van der Waals surface area contributed by atoms with E-state index in [0.717, 1.165) is 41.8 Å². The van der Waals surface area contributed by atoms with Crippen LogP contribution in [-0.2, 0) is 28.7 Å². The molecule has 3 aromatic rings. The summed E-state index contributed by atoms with van der Waals surface area (Å²) in [6.07, 6.45) is 0. The fraction of sp³-hybridized carbons (Fsp3) is 0.308. The van der Waals surface area contributed by atoms with Crippen LogP contribution in [0.4, 0.5) is 11.4 Å². The summed E-state index contributed by atoms with van der Waals surface area (Å²) in [5.74, 6) is -4.11. The lowest BCUT2D eigenvalue weighted by Crippen LogP contribution is -2.28. The molecule has 0 unspecified atom stereocenters. The van der Waals surface area contributed by atoms with E-state index < -0.39 is 23.8 Å². The van der Waals surface area contributed by atoms with Crippen molar-refractivity contribution in [1.29, 1.82) is 0 Å². The Morgan fingerprint density at radius 3 is 1.28 bits per heavy atom. The first-order valence-corrected chi connectivity index (χ1v) is 13.0. The Hall–Kier alpha value is -3.50. The molecule has 2 aromatic heterocycles. The quantitative estimate of drug-likeness (QED) is 0.328. The molecule has 2 heterocycles. The molecule has 2 N–H and O–H groups in total. The number of hydrogen-bond donors (Lipinski definition) is 2. The van der Waals surface area contributed by atoms with Crippen molar-refractivity contribution >= 4 is 57.8 Å². The monoisotopic (exact) mass is 528 g/mol. The predicted octanol–water partition coefficient (Wildman–Crippen LogP) is 5.38. The fourth-order valence-corrected chi connectivity index (χ4v) is 5.67. The van der Waals surface area contributed by atoms with Crippen LogP contribution >= 0.6 is 22.7 Å². The molecule has 0 bridgehead atoms. The van der Waals surface area contributed by atoms with Gasteiger partial charge in [-0.15, -0.1) is 22.7 Å². The third-order valence-electron chi connectivity index (χ3n) is 5.24. The molecule has 190 valence electrons. The Kier molecular flexibility index (Phi) is 8.65. The van der Waals surface area contributed by atoms with Crippen LogP contribution in [0.2, 0.25) is 0 Å². The summed E-state index contributed by atoms with van der Waals surface area (Å²) in [5.41, 5.74) is 3.85. The van der Waals surface area contributed by atoms with Crippen molar-refractivity contribution < 1.29 is 28.7 Å². The van der Waals surface area contributed by atoms with E-state index in [2.05, 4.69) is 22.8 Å². The van der Waals surface area contributed by atoms with E-state index in [1.54, 1.807) is 48.7 Å². The van der Waals surface area contributed by atoms with Crippen molar-refractivity contribution in [1.82, 2.24) is 0 Å². The average molecular weight is 529 g/mol. The molecule has 8 nitrogen and oxygen atoms in total. The number of amides is 2. The number of carbonyl (C=O) groups excluding carboxylic acids is 4. The maximum atomic E-state index is 12.5. The summed E-state index contributed by atoms with van der Waals surface area (Å²) in [6.45, 7) is 11.3. The molecule has 2 amide bonds. The van der Waals surface area contributed by atoms with Crippen molar-refractivity contribution in [2.75, 3.05) is 23.8 Å². The van der Waals surface area contributed by atoms with Crippen LogP contribution in [0, 0.1) is 27.7 Å². The highest BCUT2D eigenvalue weighted by molar-refractivity contribution is 7.12. The zero-order chi connectivity index (χ0) is 26.6. The molecule has 0 saturated carbocycles. The number of benzene rings is 1. The zero-order valence-electron chi connectivity index (χ0n) is 21.0. The van der Waals surface area contributed by atoms with Crippen molar-refractivity contribution in [2.45, 2.75) is 41.5 Å². The van der Waals surface area contributed by atoms with Crippen LogP contribution in [0.5, 0.6) is 0 Å². The second-order valence-corrected chi connectivity index (χ2v) is 10.9. The van der Waals surface area contributed by atoms with Crippen molar-refractivity contribution in [2.24, 2.45) is 0 Å². The number of esters is 2. The molecule has 0 atom stereocenters. The lowest BCUT2D eigenvalue weighted by Gasteiger charge is -2.18. The van der Waals surface area contributed by atoms with Crippen LogP contribution in [0.15, 0.2) is 24.3 Å². The highest BCUT2D eigenvalue weighted by Gasteiger charge is 2.24. The first-order valence-electron chi connectivity index (χ1n) is 11.3. The number of anilines is 2. The minimum atomic E-state index is -1.06. The van der Waals surface area contributed by atoms with E-state index in [1.807, 2.05) is 27.7 Å². The normalized spacial score (nSPS) is 10.6. The summed E-state index contributed by atoms with van der Waals surface area (Å²) in [7, 11) is 0. The Morgan fingerprint density at radius 2 is 1.00 bits per heavy atom. The third kappa shape index (κ3) is 6.00. The van der Waals surface area contributed by atoms with Gasteiger partial charge in [0.15, 0.2) is 0 Å². The molecule has 0 spiro atoms. The SMILES string of the molecule is CCOC(=O)C(=O)Nc1cc(-c2cc(C)sc2C)c(-c2cc(C)sc2C)cc1NC(=O)C(=O)OCC. The second-order valence-electron chi connectivity index (χ2n) is 7.95. The molecule has 0 aliphatic carbocycles. The minimum Gasteiger partial charge on any atom is -0.459 e. The fourth-order valence-electron chi connectivity index (χ4n) is 3.79. The van der Waals surface area contributed by atoms with Crippen molar-refractivity contribution in [3.05, 3.63) is 43.8 Å². The number of nitrogens with one attached hydrogen (secondary N) is 2. The molecule has 0 aliphatic heterocycles.